The fraction of sp³-hybridized carbons (Fsp3) is 0.529. The molecule has 3 atom stereocenters. The molecule has 20 heavy (non-hydrogen) atoms. The molecule has 3 unspecified atom stereocenters. The van der Waals surface area contributed by atoms with Crippen molar-refractivity contribution in [3.05, 3.63) is 42.5 Å². The predicted molar refractivity (Wildman–Crippen MR) is 91.5 cm³/mol. The van der Waals surface area contributed by atoms with E-state index in [0.717, 1.165) is 17.8 Å². The van der Waals surface area contributed by atoms with E-state index < -0.39 is 18.1 Å². The molecule has 0 N–H and O–H groups in total. The molecule has 1 fully saturated rings. The minimum Gasteiger partial charge on any atom is -0.457 e. The van der Waals surface area contributed by atoms with Gasteiger partial charge in [-0.15, -0.1) is 0 Å². The average molecular weight is 303 g/mol. The Kier molecular flexibility index (Phi) is 4.29. The van der Waals surface area contributed by atoms with Crippen molar-refractivity contribution in [2.24, 2.45) is 17.8 Å². The van der Waals surface area contributed by atoms with Gasteiger partial charge in [0.15, 0.2) is 18.1 Å². The van der Waals surface area contributed by atoms with Crippen LogP contribution in [-0.2, 0) is 4.12 Å². The third-order valence-electron chi connectivity index (χ3n) is 5.01. The van der Waals surface area contributed by atoms with Gasteiger partial charge in [-0.25, -0.2) is 0 Å². The van der Waals surface area contributed by atoms with Gasteiger partial charge >= 0.3 is 0 Å². The van der Waals surface area contributed by atoms with Crippen molar-refractivity contribution in [1.29, 1.82) is 0 Å². The summed E-state index contributed by atoms with van der Waals surface area (Å²) in [6.07, 6.45) is 9.21. The first-order chi connectivity index (χ1) is 9.62. The van der Waals surface area contributed by atoms with Gasteiger partial charge in [0.2, 0.25) is 0 Å². The first-order valence-corrected chi connectivity index (χ1v) is 12.4. The Hall–Kier alpha value is -0.646. The molecule has 3 rings (SSSR count). The Morgan fingerprint density at radius 3 is 2.60 bits per heavy atom. The van der Waals surface area contributed by atoms with Crippen LogP contribution in [0.3, 0.4) is 0 Å². The Labute approximate surface area is 126 Å². The van der Waals surface area contributed by atoms with Gasteiger partial charge in [-0.2, -0.15) is 0 Å². The van der Waals surface area contributed by atoms with E-state index in [-0.39, 0.29) is 0 Å². The highest BCUT2D eigenvalue weighted by atomic mass is 28.4. The standard InChI is InChI=1S/C17H26OSi2/c1-20(2,18-19-17-6-4-3-5-7-17)11-10-16-13-14-8-9-15(16)12-14/h3-9,14-16H,10-13,19H2,1-2H3. The van der Waals surface area contributed by atoms with Crippen LogP contribution in [0.2, 0.25) is 19.1 Å². The smallest absolute Gasteiger partial charge is 0.178 e. The second-order valence-corrected chi connectivity index (χ2v) is 13.4. The largest absolute Gasteiger partial charge is 0.457 e. The third kappa shape index (κ3) is 3.51. The first-order valence-electron chi connectivity index (χ1n) is 7.99. The third-order valence-corrected chi connectivity index (χ3v) is 11.0. The SMILES string of the molecule is C[Si](C)(CCC1CC2C=CC1C2)O[SiH2]c1ccccc1. The summed E-state index contributed by atoms with van der Waals surface area (Å²) in [5, 5.41) is 1.44. The quantitative estimate of drug-likeness (QED) is 0.579. The van der Waals surface area contributed by atoms with Crippen LogP contribution in [0.5, 0.6) is 0 Å². The molecule has 1 aromatic carbocycles. The maximum absolute atomic E-state index is 6.42. The van der Waals surface area contributed by atoms with Gasteiger partial charge in [0.1, 0.15) is 0 Å². The zero-order chi connectivity index (χ0) is 14.0. The van der Waals surface area contributed by atoms with Crippen LogP contribution in [-0.4, -0.2) is 18.1 Å². The van der Waals surface area contributed by atoms with Crippen LogP contribution in [0, 0.1) is 17.8 Å². The summed E-state index contributed by atoms with van der Waals surface area (Å²) in [5.74, 6) is 2.77. The van der Waals surface area contributed by atoms with Gasteiger partial charge in [-0.05, 0) is 54.9 Å². The van der Waals surface area contributed by atoms with Crippen LogP contribution in [0.15, 0.2) is 42.5 Å². The van der Waals surface area contributed by atoms with E-state index in [1.807, 2.05) is 0 Å². The van der Waals surface area contributed by atoms with Gasteiger partial charge in [-0.1, -0.05) is 48.9 Å². The van der Waals surface area contributed by atoms with Gasteiger partial charge in [0.05, 0.1) is 0 Å². The summed E-state index contributed by atoms with van der Waals surface area (Å²) in [7, 11) is -1.96. The molecule has 1 nitrogen and oxygen atoms in total. The molecular formula is C17H26OSi2. The summed E-state index contributed by atoms with van der Waals surface area (Å²) in [4.78, 5) is 0. The fourth-order valence-electron chi connectivity index (χ4n) is 3.68. The lowest BCUT2D eigenvalue weighted by Gasteiger charge is -2.27. The summed E-state index contributed by atoms with van der Waals surface area (Å²) in [6, 6.07) is 12.1. The lowest BCUT2D eigenvalue weighted by atomic mass is 9.91. The minimum absolute atomic E-state index is 0.519. The topological polar surface area (TPSA) is 9.23 Å². The monoisotopic (exact) mass is 302 g/mol. The van der Waals surface area contributed by atoms with Crippen molar-refractivity contribution in [2.45, 2.75) is 38.4 Å². The molecule has 2 aliphatic carbocycles. The highest BCUT2D eigenvalue weighted by Crippen LogP contribution is 2.45. The number of hydrogen-bond donors (Lipinski definition) is 0. The maximum atomic E-state index is 6.42. The molecule has 0 radical (unpaired) electrons. The Morgan fingerprint density at radius 1 is 1.15 bits per heavy atom. The van der Waals surface area contributed by atoms with Crippen LogP contribution < -0.4 is 5.19 Å². The molecule has 3 heteroatoms. The molecule has 1 saturated carbocycles. The molecule has 108 valence electrons. The van der Waals surface area contributed by atoms with E-state index in [9.17, 15) is 0 Å². The highest BCUT2D eigenvalue weighted by Gasteiger charge is 2.36. The molecule has 0 saturated heterocycles. The summed E-state index contributed by atoms with van der Waals surface area (Å²) >= 11 is 0. The molecule has 2 aliphatic rings. The van der Waals surface area contributed by atoms with Gasteiger partial charge in [0.25, 0.3) is 0 Å². The van der Waals surface area contributed by atoms with E-state index in [1.54, 1.807) is 0 Å². The second-order valence-electron chi connectivity index (χ2n) is 7.11. The summed E-state index contributed by atoms with van der Waals surface area (Å²) in [5.41, 5.74) is 0. The number of allylic oxidation sites excluding steroid dienone is 2. The summed E-state index contributed by atoms with van der Waals surface area (Å²) < 4.78 is 6.42. The maximum Gasteiger partial charge on any atom is 0.178 e. The van der Waals surface area contributed by atoms with Crippen molar-refractivity contribution in [3.63, 3.8) is 0 Å². The molecule has 0 spiro atoms. The lowest BCUT2D eigenvalue weighted by Crippen LogP contribution is -2.36. The molecule has 0 amide bonds. The first kappa shape index (κ1) is 14.3. The van der Waals surface area contributed by atoms with Crippen molar-refractivity contribution >= 4 is 23.3 Å². The number of rotatable bonds is 6. The van der Waals surface area contributed by atoms with Crippen LogP contribution in [0.4, 0.5) is 0 Å². The highest BCUT2D eigenvalue weighted by molar-refractivity contribution is 6.76. The number of benzene rings is 1. The minimum atomic E-state index is -1.44. The molecular weight excluding hydrogens is 276 g/mol. The molecule has 0 aromatic heterocycles. The lowest BCUT2D eigenvalue weighted by molar-refractivity contribution is 0.424. The van der Waals surface area contributed by atoms with E-state index in [2.05, 4.69) is 55.6 Å². The van der Waals surface area contributed by atoms with Gasteiger partial charge in [-0.3, -0.25) is 0 Å². The van der Waals surface area contributed by atoms with Crippen LogP contribution in [0.1, 0.15) is 19.3 Å². The number of hydrogen-bond acceptors (Lipinski definition) is 1. The summed E-state index contributed by atoms with van der Waals surface area (Å²) in [6.45, 7) is 4.82. The van der Waals surface area contributed by atoms with Crippen molar-refractivity contribution in [3.8, 4) is 0 Å². The van der Waals surface area contributed by atoms with Gasteiger partial charge in [0, 0.05) is 0 Å². The van der Waals surface area contributed by atoms with Crippen LogP contribution >= 0.6 is 0 Å². The zero-order valence-corrected chi connectivity index (χ0v) is 15.1. The van der Waals surface area contributed by atoms with E-state index >= 15 is 0 Å². The van der Waals surface area contributed by atoms with E-state index in [0.29, 0.717) is 0 Å². The van der Waals surface area contributed by atoms with Gasteiger partial charge < -0.3 is 4.12 Å². The number of fused-ring (bicyclic) bond motifs is 2. The Morgan fingerprint density at radius 2 is 1.95 bits per heavy atom. The Bertz CT molecular complexity index is 469. The molecule has 0 heterocycles. The molecule has 1 aromatic rings. The normalized spacial score (nSPS) is 28.8. The Balaban J connectivity index is 1.45. The van der Waals surface area contributed by atoms with Crippen molar-refractivity contribution < 1.29 is 4.12 Å². The zero-order valence-electron chi connectivity index (χ0n) is 12.7. The van der Waals surface area contributed by atoms with Crippen molar-refractivity contribution in [2.75, 3.05) is 0 Å². The van der Waals surface area contributed by atoms with Crippen molar-refractivity contribution in [1.82, 2.24) is 0 Å². The fourth-order valence-corrected chi connectivity index (χ4v) is 8.02. The van der Waals surface area contributed by atoms with E-state index in [4.69, 9.17) is 4.12 Å². The molecule has 2 bridgehead atoms. The van der Waals surface area contributed by atoms with Crippen LogP contribution in [0.25, 0.3) is 0 Å². The molecule has 0 aliphatic heterocycles. The predicted octanol–water partition coefficient (Wildman–Crippen LogP) is 3.22. The average Bonchev–Trinajstić information content (AvgIpc) is 3.07. The van der Waals surface area contributed by atoms with E-state index in [1.165, 1.54) is 30.5 Å². The second kappa shape index (κ2) is 6.00.